The maximum absolute atomic E-state index is 13.8. The third kappa shape index (κ3) is 4.13. The van der Waals surface area contributed by atoms with Crippen LogP contribution in [0.1, 0.15) is 19.4 Å². The molecule has 0 saturated carbocycles. The monoisotopic (exact) mass is 300 g/mol. The van der Waals surface area contributed by atoms with Crippen LogP contribution in [0.5, 0.6) is 0 Å². The highest BCUT2D eigenvalue weighted by Crippen LogP contribution is 2.20. The molecule has 0 aliphatic heterocycles. The maximum atomic E-state index is 13.8. The first-order valence-electron chi connectivity index (χ1n) is 6.39. The molecular weight excluding hydrogens is 279 g/mol. The molecule has 6 heteroatoms. The van der Waals surface area contributed by atoms with Crippen LogP contribution in [0.2, 0.25) is 0 Å². The summed E-state index contributed by atoms with van der Waals surface area (Å²) in [6, 6.07) is 4.15. The van der Waals surface area contributed by atoms with Gasteiger partial charge in [-0.1, -0.05) is 25.1 Å². The Morgan fingerprint density at radius 3 is 2.65 bits per heavy atom. The van der Waals surface area contributed by atoms with E-state index >= 15 is 0 Å². The molecule has 20 heavy (non-hydrogen) atoms. The highest BCUT2D eigenvalue weighted by Gasteiger charge is 2.24. The van der Waals surface area contributed by atoms with Crippen molar-refractivity contribution in [1.29, 1.82) is 0 Å². The van der Waals surface area contributed by atoms with Crippen LogP contribution in [0, 0.1) is 5.82 Å². The van der Waals surface area contributed by atoms with Gasteiger partial charge in [0.1, 0.15) is 10.7 Å². The van der Waals surface area contributed by atoms with Crippen molar-refractivity contribution in [2.75, 3.05) is 20.1 Å². The smallest absolute Gasteiger partial charge is 0.246 e. The summed E-state index contributed by atoms with van der Waals surface area (Å²) in [5.41, 5.74) is 1.43. The molecule has 4 nitrogen and oxygen atoms in total. The van der Waals surface area contributed by atoms with Gasteiger partial charge in [0.25, 0.3) is 0 Å². The minimum Gasteiger partial charge on any atom is -0.313 e. The molecule has 0 atom stereocenters. The van der Waals surface area contributed by atoms with Gasteiger partial charge in [0.2, 0.25) is 10.0 Å². The van der Waals surface area contributed by atoms with E-state index in [0.29, 0.717) is 12.1 Å². The van der Waals surface area contributed by atoms with Crippen LogP contribution in [0.4, 0.5) is 4.39 Å². The van der Waals surface area contributed by atoms with Crippen molar-refractivity contribution in [3.8, 4) is 0 Å². The summed E-state index contributed by atoms with van der Waals surface area (Å²) >= 11 is 0. The molecule has 0 heterocycles. The van der Waals surface area contributed by atoms with Crippen molar-refractivity contribution in [1.82, 2.24) is 9.62 Å². The van der Waals surface area contributed by atoms with Crippen molar-refractivity contribution in [2.24, 2.45) is 0 Å². The molecule has 0 bridgehead atoms. The lowest BCUT2D eigenvalue weighted by Gasteiger charge is -2.18. The van der Waals surface area contributed by atoms with E-state index in [1.807, 2.05) is 6.92 Å². The zero-order valence-corrected chi connectivity index (χ0v) is 12.9. The van der Waals surface area contributed by atoms with Gasteiger partial charge >= 0.3 is 0 Å². The first-order valence-corrected chi connectivity index (χ1v) is 7.83. The number of nitrogens with one attached hydrogen (secondary N) is 1. The number of hydrogen-bond donors (Lipinski definition) is 1. The van der Waals surface area contributed by atoms with Crippen LogP contribution in [-0.2, 0) is 16.6 Å². The lowest BCUT2D eigenvalue weighted by atomic mass is 10.2. The Hall–Kier alpha value is -1.24. The maximum Gasteiger partial charge on any atom is 0.246 e. The van der Waals surface area contributed by atoms with E-state index in [4.69, 9.17) is 0 Å². The van der Waals surface area contributed by atoms with Gasteiger partial charge in [0, 0.05) is 20.1 Å². The highest BCUT2D eigenvalue weighted by molar-refractivity contribution is 7.89. The van der Waals surface area contributed by atoms with E-state index in [1.165, 1.54) is 19.2 Å². The fourth-order valence-corrected chi connectivity index (χ4v) is 3.10. The molecule has 0 unspecified atom stereocenters. The zero-order valence-electron chi connectivity index (χ0n) is 12.1. The summed E-state index contributed by atoms with van der Waals surface area (Å²) in [7, 11) is -2.43. The number of halogens is 1. The van der Waals surface area contributed by atoms with E-state index in [2.05, 4.69) is 11.9 Å². The Labute approximate surface area is 120 Å². The molecule has 1 aromatic rings. The van der Waals surface area contributed by atoms with Gasteiger partial charge < -0.3 is 5.32 Å². The molecule has 112 valence electrons. The van der Waals surface area contributed by atoms with Crippen LogP contribution in [0.15, 0.2) is 35.2 Å². The molecule has 1 rings (SSSR count). The molecule has 0 radical (unpaired) electrons. The summed E-state index contributed by atoms with van der Waals surface area (Å²) in [5, 5.41) is 3.08. The van der Waals surface area contributed by atoms with Crippen molar-refractivity contribution in [3.63, 3.8) is 0 Å². The fourth-order valence-electron chi connectivity index (χ4n) is 1.76. The zero-order chi connectivity index (χ0) is 15.3. The third-order valence-electron chi connectivity index (χ3n) is 2.76. The second kappa shape index (κ2) is 6.97. The van der Waals surface area contributed by atoms with E-state index in [0.717, 1.165) is 16.4 Å². The minimum absolute atomic E-state index is 0.166. The second-order valence-corrected chi connectivity index (χ2v) is 6.78. The minimum atomic E-state index is -3.84. The lowest BCUT2D eigenvalue weighted by Crippen LogP contribution is -2.29. The second-order valence-electron chi connectivity index (χ2n) is 4.76. The number of nitrogens with zero attached hydrogens (tertiary/aromatic N) is 1. The van der Waals surface area contributed by atoms with Crippen LogP contribution in [-0.4, -0.2) is 32.9 Å². The van der Waals surface area contributed by atoms with E-state index < -0.39 is 15.8 Å². The summed E-state index contributed by atoms with van der Waals surface area (Å²) in [5.74, 6) is -0.737. The summed E-state index contributed by atoms with van der Waals surface area (Å²) < 4.78 is 39.6. The molecule has 0 amide bonds. The lowest BCUT2D eigenvalue weighted by molar-refractivity contribution is 0.483. The predicted octanol–water partition coefficient (Wildman–Crippen LogP) is 2.13. The van der Waals surface area contributed by atoms with Gasteiger partial charge in [-0.2, -0.15) is 4.31 Å². The van der Waals surface area contributed by atoms with Crippen LogP contribution >= 0.6 is 0 Å². The standard InChI is InChI=1S/C14H21FN2O2S/c1-5-16-9-12-6-7-13(15)14(8-12)20(18,19)17(4)10-11(2)3/h6-8,16H,2,5,9-10H2,1,3-4H3. The molecule has 1 N–H and O–H groups in total. The largest absolute Gasteiger partial charge is 0.313 e. The number of likely N-dealkylation sites (N-methyl/N-ethyl adjacent to an activating group) is 1. The van der Waals surface area contributed by atoms with E-state index in [9.17, 15) is 12.8 Å². The van der Waals surface area contributed by atoms with E-state index in [-0.39, 0.29) is 11.4 Å². The van der Waals surface area contributed by atoms with Crippen molar-refractivity contribution in [3.05, 3.63) is 41.7 Å². The Bertz CT molecular complexity index is 585. The molecule has 1 aromatic carbocycles. The molecule has 0 spiro atoms. The summed E-state index contributed by atoms with van der Waals surface area (Å²) in [6.45, 7) is 8.77. The Morgan fingerprint density at radius 1 is 1.45 bits per heavy atom. The molecule has 0 fully saturated rings. The van der Waals surface area contributed by atoms with Crippen molar-refractivity contribution >= 4 is 10.0 Å². The molecule has 0 aliphatic rings. The molecule has 0 aromatic heterocycles. The van der Waals surface area contributed by atoms with Gasteiger partial charge in [0.15, 0.2) is 0 Å². The number of sulfonamides is 1. The topological polar surface area (TPSA) is 49.4 Å². The average molecular weight is 300 g/mol. The van der Waals surface area contributed by atoms with Crippen LogP contribution in [0.3, 0.4) is 0 Å². The SMILES string of the molecule is C=C(C)CN(C)S(=O)(=O)c1cc(CNCC)ccc1F. The van der Waals surface area contributed by atoms with Gasteiger partial charge in [-0.15, -0.1) is 0 Å². The normalized spacial score (nSPS) is 11.8. The van der Waals surface area contributed by atoms with Gasteiger partial charge in [0.05, 0.1) is 0 Å². The Balaban J connectivity index is 3.13. The molecule has 0 aliphatic carbocycles. The Kier molecular flexibility index (Phi) is 5.86. The average Bonchev–Trinajstić information content (AvgIpc) is 2.36. The van der Waals surface area contributed by atoms with Crippen LogP contribution in [0.25, 0.3) is 0 Å². The number of rotatable bonds is 7. The predicted molar refractivity (Wildman–Crippen MR) is 78.4 cm³/mol. The Morgan fingerprint density at radius 2 is 2.10 bits per heavy atom. The van der Waals surface area contributed by atoms with Crippen molar-refractivity contribution in [2.45, 2.75) is 25.3 Å². The number of hydrogen-bond acceptors (Lipinski definition) is 3. The quantitative estimate of drug-likeness (QED) is 0.785. The fraction of sp³-hybridized carbons (Fsp3) is 0.429. The van der Waals surface area contributed by atoms with Crippen LogP contribution < -0.4 is 5.32 Å². The van der Waals surface area contributed by atoms with Gasteiger partial charge in [-0.25, -0.2) is 12.8 Å². The number of benzene rings is 1. The first kappa shape index (κ1) is 16.8. The van der Waals surface area contributed by atoms with Gasteiger partial charge in [-0.3, -0.25) is 0 Å². The summed E-state index contributed by atoms with van der Waals surface area (Å²) in [6.07, 6.45) is 0. The third-order valence-corrected chi connectivity index (χ3v) is 4.57. The highest BCUT2D eigenvalue weighted by atomic mass is 32.2. The summed E-state index contributed by atoms with van der Waals surface area (Å²) in [4.78, 5) is -0.295. The van der Waals surface area contributed by atoms with Gasteiger partial charge in [-0.05, 0) is 31.2 Å². The molecule has 0 saturated heterocycles. The first-order chi connectivity index (χ1) is 9.28. The molecular formula is C14H21FN2O2S. The van der Waals surface area contributed by atoms with E-state index in [1.54, 1.807) is 13.0 Å². The van der Waals surface area contributed by atoms with Crippen molar-refractivity contribution < 1.29 is 12.8 Å².